The van der Waals surface area contributed by atoms with Gasteiger partial charge in [0.25, 0.3) is 0 Å². The number of esters is 1. The van der Waals surface area contributed by atoms with E-state index in [4.69, 9.17) is 15.7 Å². The van der Waals surface area contributed by atoms with Gasteiger partial charge in [0.05, 0.1) is 23.9 Å². The van der Waals surface area contributed by atoms with Gasteiger partial charge in [-0.3, -0.25) is 0 Å². The van der Waals surface area contributed by atoms with Crippen LogP contribution in [0.2, 0.25) is 0 Å². The van der Waals surface area contributed by atoms with Gasteiger partial charge in [0.2, 0.25) is 5.95 Å². The van der Waals surface area contributed by atoms with E-state index in [0.29, 0.717) is 33.0 Å². The molecule has 7 heteroatoms. The SMILES string of the molecule is CCOC(=O)c1cc2c(-c3cccc(C#N)c3)nc(N)nc2s1. The van der Waals surface area contributed by atoms with Gasteiger partial charge in [-0.2, -0.15) is 5.26 Å². The lowest BCUT2D eigenvalue weighted by Crippen LogP contribution is -2.01. The first-order valence-electron chi connectivity index (χ1n) is 6.87. The van der Waals surface area contributed by atoms with Gasteiger partial charge in [-0.05, 0) is 25.1 Å². The average molecular weight is 324 g/mol. The van der Waals surface area contributed by atoms with Crippen LogP contribution >= 0.6 is 11.3 Å². The molecule has 0 aliphatic carbocycles. The fourth-order valence-corrected chi connectivity index (χ4v) is 3.13. The molecule has 2 aromatic heterocycles. The maximum Gasteiger partial charge on any atom is 0.348 e. The van der Waals surface area contributed by atoms with Gasteiger partial charge < -0.3 is 10.5 Å². The van der Waals surface area contributed by atoms with E-state index in [0.717, 1.165) is 5.56 Å². The number of aromatic nitrogens is 2. The Morgan fingerprint density at radius 3 is 2.96 bits per heavy atom. The molecule has 114 valence electrons. The zero-order valence-electron chi connectivity index (χ0n) is 12.2. The first-order chi connectivity index (χ1) is 11.1. The molecule has 0 spiro atoms. The first-order valence-corrected chi connectivity index (χ1v) is 7.68. The van der Waals surface area contributed by atoms with E-state index >= 15 is 0 Å². The molecule has 0 saturated heterocycles. The summed E-state index contributed by atoms with van der Waals surface area (Å²) in [5.74, 6) is -0.280. The second-order valence-corrected chi connectivity index (χ2v) is 5.70. The number of benzene rings is 1. The summed E-state index contributed by atoms with van der Waals surface area (Å²) in [6, 6.07) is 10.8. The Hall–Kier alpha value is -2.98. The number of nitrogen functional groups attached to an aromatic ring is 1. The minimum atomic E-state index is -0.397. The number of hydrogen-bond donors (Lipinski definition) is 1. The smallest absolute Gasteiger partial charge is 0.348 e. The maximum atomic E-state index is 11.9. The van der Waals surface area contributed by atoms with E-state index in [-0.39, 0.29) is 5.95 Å². The van der Waals surface area contributed by atoms with Crippen molar-refractivity contribution >= 4 is 33.5 Å². The Labute approximate surface area is 136 Å². The molecule has 0 aliphatic heterocycles. The summed E-state index contributed by atoms with van der Waals surface area (Å²) in [5, 5.41) is 9.76. The summed E-state index contributed by atoms with van der Waals surface area (Å²) in [4.78, 5) is 21.4. The topological polar surface area (TPSA) is 102 Å². The molecule has 0 radical (unpaired) electrons. The number of nitriles is 1. The summed E-state index contributed by atoms with van der Waals surface area (Å²) < 4.78 is 5.02. The molecule has 6 nitrogen and oxygen atoms in total. The average Bonchev–Trinajstić information content (AvgIpc) is 2.98. The third-order valence-corrected chi connectivity index (χ3v) is 4.16. The van der Waals surface area contributed by atoms with Crippen molar-refractivity contribution in [1.29, 1.82) is 5.26 Å². The van der Waals surface area contributed by atoms with Crippen molar-refractivity contribution in [2.24, 2.45) is 0 Å². The van der Waals surface area contributed by atoms with Crippen molar-refractivity contribution in [3.05, 3.63) is 40.8 Å². The number of anilines is 1. The van der Waals surface area contributed by atoms with Crippen LogP contribution in [-0.4, -0.2) is 22.5 Å². The normalized spacial score (nSPS) is 10.4. The lowest BCUT2D eigenvalue weighted by atomic mass is 10.1. The number of thiophene rings is 1. The minimum Gasteiger partial charge on any atom is -0.462 e. The lowest BCUT2D eigenvalue weighted by Gasteiger charge is -2.04. The number of nitrogens with two attached hydrogens (primary N) is 1. The number of carbonyl (C=O) groups excluding carboxylic acids is 1. The van der Waals surface area contributed by atoms with E-state index < -0.39 is 5.97 Å². The predicted octanol–water partition coefficient (Wildman–Crippen LogP) is 2.99. The monoisotopic (exact) mass is 324 g/mol. The summed E-state index contributed by atoms with van der Waals surface area (Å²) in [6.07, 6.45) is 0. The van der Waals surface area contributed by atoms with Crippen molar-refractivity contribution in [2.45, 2.75) is 6.92 Å². The lowest BCUT2D eigenvalue weighted by molar-refractivity contribution is 0.0532. The zero-order valence-corrected chi connectivity index (χ0v) is 13.1. The molecular weight excluding hydrogens is 312 g/mol. The third-order valence-electron chi connectivity index (χ3n) is 3.15. The largest absolute Gasteiger partial charge is 0.462 e. The fourth-order valence-electron chi connectivity index (χ4n) is 2.20. The van der Waals surface area contributed by atoms with Crippen LogP contribution in [0.1, 0.15) is 22.2 Å². The van der Waals surface area contributed by atoms with Gasteiger partial charge in [-0.15, -0.1) is 11.3 Å². The molecule has 0 unspecified atom stereocenters. The number of hydrogen-bond acceptors (Lipinski definition) is 7. The van der Waals surface area contributed by atoms with E-state index in [9.17, 15) is 4.79 Å². The molecule has 2 heterocycles. The van der Waals surface area contributed by atoms with Crippen LogP contribution in [0.15, 0.2) is 30.3 Å². The Morgan fingerprint density at radius 2 is 2.22 bits per heavy atom. The number of rotatable bonds is 3. The van der Waals surface area contributed by atoms with Gasteiger partial charge in [-0.1, -0.05) is 12.1 Å². The predicted molar refractivity (Wildman–Crippen MR) is 87.9 cm³/mol. The van der Waals surface area contributed by atoms with Gasteiger partial charge >= 0.3 is 5.97 Å². The van der Waals surface area contributed by atoms with E-state index in [2.05, 4.69) is 16.0 Å². The number of nitrogens with zero attached hydrogens (tertiary/aromatic N) is 3. The minimum absolute atomic E-state index is 0.118. The molecule has 3 aromatic rings. The molecule has 0 amide bonds. The number of ether oxygens (including phenoxy) is 1. The van der Waals surface area contributed by atoms with Crippen molar-refractivity contribution in [3.63, 3.8) is 0 Å². The first kappa shape index (κ1) is 14.9. The van der Waals surface area contributed by atoms with Crippen LogP contribution in [0.3, 0.4) is 0 Å². The van der Waals surface area contributed by atoms with E-state index in [1.165, 1.54) is 11.3 Å². The van der Waals surface area contributed by atoms with Crippen molar-refractivity contribution < 1.29 is 9.53 Å². The van der Waals surface area contributed by atoms with Crippen LogP contribution in [-0.2, 0) is 4.74 Å². The molecule has 1 aromatic carbocycles. The highest BCUT2D eigenvalue weighted by Gasteiger charge is 2.17. The van der Waals surface area contributed by atoms with E-state index in [1.54, 1.807) is 31.2 Å². The van der Waals surface area contributed by atoms with Crippen molar-refractivity contribution in [3.8, 4) is 17.3 Å². The van der Waals surface area contributed by atoms with E-state index in [1.807, 2.05) is 6.07 Å². The molecule has 3 rings (SSSR count). The quantitative estimate of drug-likeness (QED) is 0.743. The van der Waals surface area contributed by atoms with Gasteiger partial charge in [-0.25, -0.2) is 14.8 Å². The molecule has 0 aliphatic rings. The Bertz CT molecular complexity index is 943. The number of carbonyl (C=O) groups is 1. The standard InChI is InChI=1S/C16H12N4O2S/c1-2-22-15(21)12-7-11-13(19-16(18)20-14(11)23-12)10-5-3-4-9(6-10)8-17/h3-7H,2H2,1H3,(H2,18,19,20). The molecule has 0 fully saturated rings. The molecule has 23 heavy (non-hydrogen) atoms. The highest BCUT2D eigenvalue weighted by Crippen LogP contribution is 2.33. The van der Waals surface area contributed by atoms with Crippen LogP contribution in [0, 0.1) is 11.3 Å². The Morgan fingerprint density at radius 1 is 1.39 bits per heavy atom. The van der Waals surface area contributed by atoms with Crippen molar-refractivity contribution in [1.82, 2.24) is 9.97 Å². The summed E-state index contributed by atoms with van der Waals surface area (Å²) in [6.45, 7) is 2.06. The second kappa shape index (κ2) is 6.02. The third kappa shape index (κ3) is 2.84. The molecule has 0 atom stereocenters. The number of fused-ring (bicyclic) bond motifs is 1. The van der Waals surface area contributed by atoms with Crippen LogP contribution in [0.4, 0.5) is 5.95 Å². The Balaban J connectivity index is 2.20. The van der Waals surface area contributed by atoms with Crippen LogP contribution in [0.25, 0.3) is 21.5 Å². The van der Waals surface area contributed by atoms with Gasteiger partial charge in [0.1, 0.15) is 9.71 Å². The Kier molecular flexibility index (Phi) is 3.91. The highest BCUT2D eigenvalue weighted by atomic mass is 32.1. The van der Waals surface area contributed by atoms with Gasteiger partial charge in [0, 0.05) is 10.9 Å². The van der Waals surface area contributed by atoms with Crippen molar-refractivity contribution in [2.75, 3.05) is 12.3 Å². The zero-order chi connectivity index (χ0) is 16.4. The van der Waals surface area contributed by atoms with Gasteiger partial charge in [0.15, 0.2) is 0 Å². The molecule has 0 saturated carbocycles. The maximum absolute atomic E-state index is 11.9. The molecular formula is C16H12N4O2S. The highest BCUT2D eigenvalue weighted by molar-refractivity contribution is 7.20. The van der Waals surface area contributed by atoms with Crippen LogP contribution < -0.4 is 5.73 Å². The molecule has 0 bridgehead atoms. The summed E-state index contributed by atoms with van der Waals surface area (Å²) in [5.41, 5.74) is 7.64. The summed E-state index contributed by atoms with van der Waals surface area (Å²) in [7, 11) is 0. The molecule has 2 N–H and O–H groups in total. The summed E-state index contributed by atoms with van der Waals surface area (Å²) >= 11 is 1.21. The van der Waals surface area contributed by atoms with Crippen LogP contribution in [0.5, 0.6) is 0 Å². The fraction of sp³-hybridized carbons (Fsp3) is 0.125. The second-order valence-electron chi connectivity index (χ2n) is 4.67.